The van der Waals surface area contributed by atoms with Gasteiger partial charge in [-0.2, -0.15) is 23.5 Å². The van der Waals surface area contributed by atoms with Crippen LogP contribution in [0.4, 0.5) is 18.9 Å². The van der Waals surface area contributed by atoms with Gasteiger partial charge in [0.25, 0.3) is 11.7 Å². The van der Waals surface area contributed by atoms with Gasteiger partial charge in [0.15, 0.2) is 0 Å². The van der Waals surface area contributed by atoms with Gasteiger partial charge in [0, 0.05) is 5.69 Å². The van der Waals surface area contributed by atoms with E-state index in [0.717, 1.165) is 17.7 Å². The number of carbonyl (C=O) groups excluding carboxylic acids is 2. The topological polar surface area (TPSA) is 87.8 Å². The van der Waals surface area contributed by atoms with Crippen LogP contribution in [0, 0.1) is 25.2 Å². The molecule has 3 rings (SSSR count). The van der Waals surface area contributed by atoms with Crippen LogP contribution in [0.25, 0.3) is 5.69 Å². The summed E-state index contributed by atoms with van der Waals surface area (Å²) in [6.07, 6.45) is -4.30. The number of aromatic nitrogens is 2. The van der Waals surface area contributed by atoms with Crippen molar-refractivity contribution in [2.45, 2.75) is 26.4 Å². The Morgan fingerprint density at radius 3 is 2.42 bits per heavy atom. The first-order valence-corrected chi connectivity index (χ1v) is 9.17. The zero-order valence-electron chi connectivity index (χ0n) is 16.6. The second kappa shape index (κ2) is 8.44. The van der Waals surface area contributed by atoms with E-state index in [1.54, 1.807) is 24.3 Å². The molecule has 0 aliphatic rings. The van der Waals surface area contributed by atoms with Crippen molar-refractivity contribution in [2.75, 3.05) is 5.32 Å². The molecule has 0 bridgehead atoms. The van der Waals surface area contributed by atoms with Gasteiger partial charge in [-0.3, -0.25) is 9.59 Å². The maximum atomic E-state index is 13.0. The minimum atomic E-state index is -4.52. The van der Waals surface area contributed by atoms with Gasteiger partial charge in [-0.1, -0.05) is 18.2 Å². The third kappa shape index (κ3) is 4.64. The highest BCUT2D eigenvalue weighted by Gasteiger charge is 2.31. The summed E-state index contributed by atoms with van der Waals surface area (Å²) < 4.78 is 40.3. The first-order chi connectivity index (χ1) is 14.6. The molecule has 158 valence electrons. The number of Topliss-reactive ketones (excluding diaryl/α,β-unsaturated/α-hetero) is 1. The molecule has 1 heterocycles. The zero-order valence-corrected chi connectivity index (χ0v) is 16.6. The van der Waals surface area contributed by atoms with Crippen molar-refractivity contribution in [1.82, 2.24) is 9.78 Å². The van der Waals surface area contributed by atoms with Crippen LogP contribution in [-0.2, 0) is 17.4 Å². The minimum absolute atomic E-state index is 0.0241. The normalized spacial score (nSPS) is 11.1. The molecule has 1 N–H and O–H groups in total. The molecule has 0 fully saturated rings. The largest absolute Gasteiger partial charge is 0.416 e. The van der Waals surface area contributed by atoms with E-state index in [-0.39, 0.29) is 29.1 Å². The number of benzene rings is 2. The standard InChI is InChI=1S/C22H17F3N4O2/c1-13-19(20(30)21(31)27-17-8-6-15(7-9-17)10-11-26)14(2)29(28-13)18-5-3-4-16(12-18)22(23,24)25/h3-9,12H,10H2,1-2H3,(H,27,31). The lowest BCUT2D eigenvalue weighted by Crippen LogP contribution is -2.24. The molecule has 31 heavy (non-hydrogen) atoms. The minimum Gasteiger partial charge on any atom is -0.319 e. The van der Waals surface area contributed by atoms with Crippen molar-refractivity contribution in [3.8, 4) is 11.8 Å². The molecule has 9 heteroatoms. The third-order valence-electron chi connectivity index (χ3n) is 4.64. The molecule has 0 saturated carbocycles. The van der Waals surface area contributed by atoms with Crippen LogP contribution in [0.15, 0.2) is 48.5 Å². The van der Waals surface area contributed by atoms with Gasteiger partial charge < -0.3 is 5.32 Å². The highest BCUT2D eigenvalue weighted by atomic mass is 19.4. The number of carbonyl (C=O) groups is 2. The molecule has 1 amide bonds. The van der Waals surface area contributed by atoms with Gasteiger partial charge in [-0.05, 0) is 49.7 Å². The average Bonchev–Trinajstić information content (AvgIpc) is 3.02. The molecule has 0 radical (unpaired) electrons. The van der Waals surface area contributed by atoms with E-state index >= 15 is 0 Å². The SMILES string of the molecule is Cc1nn(-c2cccc(C(F)(F)F)c2)c(C)c1C(=O)C(=O)Nc1ccc(CC#N)cc1. The maximum absolute atomic E-state index is 13.0. The number of anilines is 1. The fourth-order valence-corrected chi connectivity index (χ4v) is 3.14. The number of alkyl halides is 3. The van der Waals surface area contributed by atoms with E-state index in [1.807, 2.05) is 6.07 Å². The smallest absolute Gasteiger partial charge is 0.319 e. The predicted octanol–water partition coefficient (Wildman–Crippen LogP) is 4.40. The summed E-state index contributed by atoms with van der Waals surface area (Å²) in [4.78, 5) is 25.2. The summed E-state index contributed by atoms with van der Waals surface area (Å²) >= 11 is 0. The number of halogens is 3. The second-order valence-corrected chi connectivity index (χ2v) is 6.82. The van der Waals surface area contributed by atoms with Gasteiger partial charge in [0.05, 0.1) is 40.7 Å². The number of amides is 1. The molecule has 0 aliphatic heterocycles. The van der Waals surface area contributed by atoms with Crippen molar-refractivity contribution in [3.05, 3.63) is 76.6 Å². The molecule has 0 atom stereocenters. The van der Waals surface area contributed by atoms with E-state index in [9.17, 15) is 22.8 Å². The number of nitriles is 1. The van der Waals surface area contributed by atoms with Crippen LogP contribution >= 0.6 is 0 Å². The quantitative estimate of drug-likeness (QED) is 0.484. The lowest BCUT2D eigenvalue weighted by Gasteiger charge is -2.10. The molecule has 0 saturated heterocycles. The highest BCUT2D eigenvalue weighted by molar-refractivity contribution is 6.47. The molecule has 6 nitrogen and oxygen atoms in total. The van der Waals surface area contributed by atoms with E-state index in [1.165, 1.54) is 30.7 Å². The summed E-state index contributed by atoms with van der Waals surface area (Å²) in [5, 5.41) is 15.3. The van der Waals surface area contributed by atoms with E-state index in [2.05, 4.69) is 10.4 Å². The molecule has 1 aromatic heterocycles. The maximum Gasteiger partial charge on any atom is 0.416 e. The monoisotopic (exact) mass is 426 g/mol. The number of nitrogens with one attached hydrogen (secondary N) is 1. The Balaban J connectivity index is 1.87. The molecular formula is C22H17F3N4O2. The molecule has 0 aliphatic carbocycles. The summed E-state index contributed by atoms with van der Waals surface area (Å²) in [5.74, 6) is -1.75. The van der Waals surface area contributed by atoms with Crippen LogP contribution in [-0.4, -0.2) is 21.5 Å². The van der Waals surface area contributed by atoms with Gasteiger partial charge in [-0.15, -0.1) is 0 Å². The van der Waals surface area contributed by atoms with Crippen molar-refractivity contribution >= 4 is 17.4 Å². The second-order valence-electron chi connectivity index (χ2n) is 6.82. The predicted molar refractivity (Wildman–Crippen MR) is 107 cm³/mol. The van der Waals surface area contributed by atoms with Gasteiger partial charge >= 0.3 is 6.18 Å². The first-order valence-electron chi connectivity index (χ1n) is 9.17. The van der Waals surface area contributed by atoms with Gasteiger partial charge in [0.1, 0.15) is 0 Å². The fourth-order valence-electron chi connectivity index (χ4n) is 3.14. The lowest BCUT2D eigenvalue weighted by molar-refractivity contribution is -0.137. The molecule has 2 aromatic carbocycles. The lowest BCUT2D eigenvalue weighted by atomic mass is 10.1. The van der Waals surface area contributed by atoms with Crippen molar-refractivity contribution < 1.29 is 22.8 Å². The Morgan fingerprint density at radius 2 is 1.81 bits per heavy atom. The number of hydrogen-bond donors (Lipinski definition) is 1. The van der Waals surface area contributed by atoms with Crippen LogP contribution < -0.4 is 5.32 Å². The average molecular weight is 426 g/mol. The van der Waals surface area contributed by atoms with Crippen LogP contribution in [0.2, 0.25) is 0 Å². The van der Waals surface area contributed by atoms with Gasteiger partial charge in [-0.25, -0.2) is 4.68 Å². The molecule has 0 spiro atoms. The number of ketones is 1. The van der Waals surface area contributed by atoms with Crippen LogP contribution in [0.1, 0.15) is 32.9 Å². The summed E-state index contributed by atoms with van der Waals surface area (Å²) in [7, 11) is 0. The van der Waals surface area contributed by atoms with Crippen LogP contribution in [0.3, 0.4) is 0 Å². The number of nitrogens with zero attached hydrogens (tertiary/aromatic N) is 3. The summed E-state index contributed by atoms with van der Waals surface area (Å²) in [6, 6.07) is 13.0. The summed E-state index contributed by atoms with van der Waals surface area (Å²) in [6.45, 7) is 3.02. The number of aryl methyl sites for hydroxylation is 1. The van der Waals surface area contributed by atoms with Crippen molar-refractivity contribution in [1.29, 1.82) is 5.26 Å². The third-order valence-corrected chi connectivity index (χ3v) is 4.64. The first kappa shape index (κ1) is 21.8. The van der Waals surface area contributed by atoms with E-state index < -0.39 is 23.4 Å². The van der Waals surface area contributed by atoms with E-state index in [4.69, 9.17) is 5.26 Å². The Labute approximate surface area is 175 Å². The summed E-state index contributed by atoms with van der Waals surface area (Å²) in [5.41, 5.74) is 0.921. The van der Waals surface area contributed by atoms with Gasteiger partial charge in [0.2, 0.25) is 0 Å². The fraction of sp³-hybridized carbons (Fsp3) is 0.182. The Bertz CT molecular complexity index is 1190. The van der Waals surface area contributed by atoms with Crippen LogP contribution in [0.5, 0.6) is 0 Å². The van der Waals surface area contributed by atoms with Crippen molar-refractivity contribution in [3.63, 3.8) is 0 Å². The Morgan fingerprint density at radius 1 is 1.13 bits per heavy atom. The Kier molecular flexibility index (Phi) is 5.92. The van der Waals surface area contributed by atoms with Crippen molar-refractivity contribution in [2.24, 2.45) is 0 Å². The molecule has 0 unspecified atom stereocenters. The molecular weight excluding hydrogens is 409 g/mol. The van der Waals surface area contributed by atoms with E-state index in [0.29, 0.717) is 5.69 Å². The Hall–Kier alpha value is -3.93. The zero-order chi connectivity index (χ0) is 22.8. The molecule has 3 aromatic rings. The number of hydrogen-bond acceptors (Lipinski definition) is 4. The highest BCUT2D eigenvalue weighted by Crippen LogP contribution is 2.31. The number of rotatable bonds is 5.